The molecule has 0 amide bonds. The molecule has 3 heteroatoms. The molecule has 1 aliphatic heterocycles. The van der Waals surface area contributed by atoms with Gasteiger partial charge in [-0.2, -0.15) is 0 Å². The van der Waals surface area contributed by atoms with Crippen LogP contribution in [0.2, 0.25) is 0 Å². The lowest BCUT2D eigenvalue weighted by Gasteiger charge is -2.37. The van der Waals surface area contributed by atoms with Gasteiger partial charge in [-0.15, -0.1) is 0 Å². The monoisotopic (exact) mass is 255 g/mol. The van der Waals surface area contributed by atoms with Crippen molar-refractivity contribution in [1.82, 2.24) is 0 Å². The van der Waals surface area contributed by atoms with Gasteiger partial charge in [0.05, 0.1) is 0 Å². The molecule has 0 aliphatic carbocycles. The van der Waals surface area contributed by atoms with Crippen LogP contribution < -0.4 is 10.5 Å². The summed E-state index contributed by atoms with van der Waals surface area (Å²) in [6, 6.07) is 6.12. The molecule has 0 saturated carbocycles. The third-order valence-corrected chi connectivity index (χ3v) is 3.22. The lowest BCUT2D eigenvalue weighted by atomic mass is 9.89. The summed E-state index contributed by atoms with van der Waals surface area (Å²) in [6.45, 7) is 4.06. The van der Waals surface area contributed by atoms with Crippen molar-refractivity contribution >= 4 is 15.9 Å². The molecule has 2 nitrogen and oxygen atoms in total. The minimum absolute atomic E-state index is 0.0595. The van der Waals surface area contributed by atoms with Gasteiger partial charge in [0.15, 0.2) is 0 Å². The maximum absolute atomic E-state index is 6.04. The van der Waals surface area contributed by atoms with E-state index in [0.717, 1.165) is 16.6 Å². The van der Waals surface area contributed by atoms with Crippen molar-refractivity contribution in [2.75, 3.05) is 0 Å². The van der Waals surface area contributed by atoms with Crippen molar-refractivity contribution in [3.8, 4) is 5.75 Å². The molecule has 14 heavy (non-hydrogen) atoms. The van der Waals surface area contributed by atoms with Crippen LogP contribution in [0.4, 0.5) is 0 Å². The van der Waals surface area contributed by atoms with Crippen molar-refractivity contribution < 1.29 is 4.74 Å². The maximum Gasteiger partial charge on any atom is 0.123 e. The molecule has 0 radical (unpaired) electrons. The Morgan fingerprint density at radius 1 is 1.50 bits per heavy atom. The maximum atomic E-state index is 6.04. The van der Waals surface area contributed by atoms with Gasteiger partial charge in [0, 0.05) is 10.5 Å². The van der Waals surface area contributed by atoms with Crippen LogP contribution in [0.5, 0.6) is 5.75 Å². The van der Waals surface area contributed by atoms with E-state index in [9.17, 15) is 0 Å². The van der Waals surface area contributed by atoms with Gasteiger partial charge in [-0.1, -0.05) is 15.9 Å². The Bertz CT molecular complexity index is 362. The lowest BCUT2D eigenvalue weighted by molar-refractivity contribution is 0.0640. The number of benzene rings is 1. The molecule has 1 atom stereocenters. The van der Waals surface area contributed by atoms with Crippen LogP contribution in [-0.2, 0) is 6.42 Å². The molecule has 0 saturated heterocycles. The lowest BCUT2D eigenvalue weighted by Crippen LogP contribution is -2.51. The van der Waals surface area contributed by atoms with Gasteiger partial charge in [-0.05, 0) is 44.0 Å². The summed E-state index contributed by atoms with van der Waals surface area (Å²) < 4.78 is 6.92. The van der Waals surface area contributed by atoms with Crippen LogP contribution in [-0.4, -0.2) is 11.6 Å². The number of halogens is 1. The first-order chi connectivity index (χ1) is 6.49. The topological polar surface area (TPSA) is 35.2 Å². The van der Waals surface area contributed by atoms with Crippen molar-refractivity contribution in [3.63, 3.8) is 0 Å². The van der Waals surface area contributed by atoms with E-state index in [1.54, 1.807) is 0 Å². The summed E-state index contributed by atoms with van der Waals surface area (Å²) in [5.41, 5.74) is 6.96. The quantitative estimate of drug-likeness (QED) is 0.774. The average molecular weight is 256 g/mol. The number of hydrogen-bond acceptors (Lipinski definition) is 2. The second-order valence-electron chi connectivity index (χ2n) is 4.27. The van der Waals surface area contributed by atoms with Gasteiger partial charge in [0.2, 0.25) is 0 Å². The molecule has 2 N–H and O–H groups in total. The van der Waals surface area contributed by atoms with Crippen LogP contribution >= 0.6 is 15.9 Å². The zero-order chi connectivity index (χ0) is 10.3. The second kappa shape index (κ2) is 3.24. The summed E-state index contributed by atoms with van der Waals surface area (Å²) >= 11 is 3.44. The van der Waals surface area contributed by atoms with E-state index in [1.807, 2.05) is 26.0 Å². The average Bonchev–Trinajstić information content (AvgIpc) is 2.08. The van der Waals surface area contributed by atoms with Gasteiger partial charge in [-0.3, -0.25) is 0 Å². The molecule has 0 spiro atoms. The Kier molecular flexibility index (Phi) is 2.32. The smallest absolute Gasteiger partial charge is 0.123 e. The standard InChI is InChI=1S/C11H14BrNO/c1-11(2)10(13)6-7-5-8(12)3-4-9(7)14-11/h3-5,10H,6,13H2,1-2H3. The molecule has 1 heterocycles. The van der Waals surface area contributed by atoms with Gasteiger partial charge >= 0.3 is 0 Å². The fraction of sp³-hybridized carbons (Fsp3) is 0.455. The number of hydrogen-bond donors (Lipinski definition) is 1. The Morgan fingerprint density at radius 3 is 2.93 bits per heavy atom. The molecule has 1 aromatic carbocycles. The summed E-state index contributed by atoms with van der Waals surface area (Å²) in [7, 11) is 0. The summed E-state index contributed by atoms with van der Waals surface area (Å²) in [5.74, 6) is 0.958. The van der Waals surface area contributed by atoms with Crippen LogP contribution in [0, 0.1) is 0 Å². The Balaban J connectivity index is 2.41. The van der Waals surface area contributed by atoms with E-state index < -0.39 is 0 Å². The van der Waals surface area contributed by atoms with E-state index in [4.69, 9.17) is 10.5 Å². The largest absolute Gasteiger partial charge is 0.486 e. The van der Waals surface area contributed by atoms with Gasteiger partial charge in [-0.25, -0.2) is 0 Å². The second-order valence-corrected chi connectivity index (χ2v) is 5.18. The SMILES string of the molecule is CC1(C)Oc2ccc(Br)cc2CC1N. The van der Waals surface area contributed by atoms with Crippen LogP contribution in [0.15, 0.2) is 22.7 Å². The van der Waals surface area contributed by atoms with E-state index in [-0.39, 0.29) is 11.6 Å². The van der Waals surface area contributed by atoms with Crippen molar-refractivity contribution in [1.29, 1.82) is 0 Å². The van der Waals surface area contributed by atoms with Crippen LogP contribution in [0.3, 0.4) is 0 Å². The fourth-order valence-corrected chi connectivity index (χ4v) is 2.06. The summed E-state index contributed by atoms with van der Waals surface area (Å²) in [6.07, 6.45) is 0.877. The number of rotatable bonds is 0. The third kappa shape index (κ3) is 1.66. The summed E-state index contributed by atoms with van der Waals surface area (Å²) in [4.78, 5) is 0. The highest BCUT2D eigenvalue weighted by molar-refractivity contribution is 9.10. The zero-order valence-electron chi connectivity index (χ0n) is 8.38. The Hall–Kier alpha value is -0.540. The Labute approximate surface area is 92.6 Å². The van der Waals surface area contributed by atoms with E-state index in [0.29, 0.717) is 0 Å². The molecule has 0 aromatic heterocycles. The molecule has 1 aliphatic rings. The molecule has 2 rings (SSSR count). The molecular formula is C11H14BrNO. The minimum Gasteiger partial charge on any atom is -0.486 e. The van der Waals surface area contributed by atoms with E-state index in [1.165, 1.54) is 5.56 Å². The predicted octanol–water partition coefficient (Wildman–Crippen LogP) is 2.49. The molecule has 76 valence electrons. The van der Waals surface area contributed by atoms with Crippen molar-refractivity contribution in [2.24, 2.45) is 5.73 Å². The van der Waals surface area contributed by atoms with Crippen LogP contribution in [0.25, 0.3) is 0 Å². The number of nitrogens with two attached hydrogens (primary N) is 1. The summed E-state index contributed by atoms with van der Waals surface area (Å²) in [5, 5.41) is 0. The zero-order valence-corrected chi connectivity index (χ0v) is 9.97. The van der Waals surface area contributed by atoms with E-state index in [2.05, 4.69) is 22.0 Å². The molecule has 0 bridgehead atoms. The molecular weight excluding hydrogens is 242 g/mol. The molecule has 1 aromatic rings. The van der Waals surface area contributed by atoms with Gasteiger partial charge in [0.1, 0.15) is 11.4 Å². The molecule has 0 fully saturated rings. The normalized spacial score (nSPS) is 23.9. The predicted molar refractivity (Wildman–Crippen MR) is 60.5 cm³/mol. The first-order valence-electron chi connectivity index (χ1n) is 4.72. The number of ether oxygens (including phenoxy) is 1. The van der Waals surface area contributed by atoms with Gasteiger partial charge < -0.3 is 10.5 Å². The highest BCUT2D eigenvalue weighted by Gasteiger charge is 2.34. The number of fused-ring (bicyclic) bond motifs is 1. The van der Waals surface area contributed by atoms with E-state index >= 15 is 0 Å². The fourth-order valence-electron chi connectivity index (χ4n) is 1.65. The Morgan fingerprint density at radius 2 is 2.21 bits per heavy atom. The molecule has 1 unspecified atom stereocenters. The highest BCUT2D eigenvalue weighted by Crippen LogP contribution is 2.33. The van der Waals surface area contributed by atoms with Crippen molar-refractivity contribution in [3.05, 3.63) is 28.2 Å². The minimum atomic E-state index is -0.263. The van der Waals surface area contributed by atoms with Gasteiger partial charge in [0.25, 0.3) is 0 Å². The third-order valence-electron chi connectivity index (χ3n) is 2.73. The first-order valence-corrected chi connectivity index (χ1v) is 5.51. The van der Waals surface area contributed by atoms with Crippen LogP contribution in [0.1, 0.15) is 19.4 Å². The highest BCUT2D eigenvalue weighted by atomic mass is 79.9. The van der Waals surface area contributed by atoms with Crippen molar-refractivity contribution in [2.45, 2.75) is 31.9 Å². The first kappa shape index (κ1) is 9.99.